The maximum atomic E-state index is 6.03. The molecule has 0 aliphatic carbocycles. The Balaban J connectivity index is 2.06. The Bertz CT molecular complexity index is 634. The molecule has 118 valence electrons. The van der Waals surface area contributed by atoms with E-state index in [-0.39, 0.29) is 0 Å². The molecule has 0 spiro atoms. The van der Waals surface area contributed by atoms with Gasteiger partial charge in [-0.1, -0.05) is 52.1 Å². The monoisotopic (exact) mass is 401 g/mol. The molecular formula is C17H18BrCl2NO. The average Bonchev–Trinajstić information content (AvgIpc) is 2.50. The fraction of sp³-hybridized carbons (Fsp3) is 0.294. The molecule has 0 aliphatic rings. The first-order chi connectivity index (χ1) is 10.6. The Morgan fingerprint density at radius 1 is 1.09 bits per heavy atom. The van der Waals surface area contributed by atoms with E-state index in [4.69, 9.17) is 27.9 Å². The Hall–Kier alpha value is -0.740. The van der Waals surface area contributed by atoms with Gasteiger partial charge in [-0.05, 0) is 48.9 Å². The van der Waals surface area contributed by atoms with Crippen LogP contribution in [0.25, 0.3) is 0 Å². The van der Waals surface area contributed by atoms with Gasteiger partial charge in [-0.15, -0.1) is 0 Å². The summed E-state index contributed by atoms with van der Waals surface area (Å²) >= 11 is 15.5. The molecule has 2 nitrogen and oxygen atoms in total. The zero-order chi connectivity index (χ0) is 15.9. The molecule has 0 saturated heterocycles. The van der Waals surface area contributed by atoms with Crippen molar-refractivity contribution in [3.8, 4) is 5.75 Å². The lowest BCUT2D eigenvalue weighted by Crippen LogP contribution is -2.14. The van der Waals surface area contributed by atoms with Crippen LogP contribution in [0.4, 0.5) is 0 Å². The van der Waals surface area contributed by atoms with Crippen molar-refractivity contribution in [2.75, 3.05) is 6.54 Å². The fourth-order valence-electron chi connectivity index (χ4n) is 2.02. The Morgan fingerprint density at radius 3 is 2.64 bits per heavy atom. The summed E-state index contributed by atoms with van der Waals surface area (Å²) in [7, 11) is 0. The third-order valence-corrected chi connectivity index (χ3v) is 4.38. The van der Waals surface area contributed by atoms with Gasteiger partial charge in [0.05, 0.1) is 10.0 Å². The standard InChI is InChI=1S/C17H18BrCl2NO/c1-2-7-21-10-13-9-14(18)4-6-17(13)22-11-12-3-5-15(19)16(20)8-12/h3-6,8-9,21H,2,7,10-11H2,1H3. The third-order valence-electron chi connectivity index (χ3n) is 3.14. The molecule has 2 rings (SSSR count). The van der Waals surface area contributed by atoms with Crippen LogP contribution in [-0.4, -0.2) is 6.54 Å². The molecule has 0 bridgehead atoms. The fourth-order valence-corrected chi connectivity index (χ4v) is 2.75. The smallest absolute Gasteiger partial charge is 0.124 e. The van der Waals surface area contributed by atoms with E-state index in [1.54, 1.807) is 6.07 Å². The van der Waals surface area contributed by atoms with Gasteiger partial charge >= 0.3 is 0 Å². The Kier molecular flexibility index (Phi) is 7.03. The van der Waals surface area contributed by atoms with Crippen LogP contribution in [0.15, 0.2) is 40.9 Å². The predicted molar refractivity (Wildman–Crippen MR) is 96.9 cm³/mol. The van der Waals surface area contributed by atoms with Gasteiger partial charge in [0.1, 0.15) is 12.4 Å². The summed E-state index contributed by atoms with van der Waals surface area (Å²) in [4.78, 5) is 0. The molecule has 0 saturated carbocycles. The second-order valence-corrected chi connectivity index (χ2v) is 6.70. The van der Waals surface area contributed by atoms with Crippen molar-refractivity contribution in [3.63, 3.8) is 0 Å². The van der Waals surface area contributed by atoms with Crippen LogP contribution in [0.3, 0.4) is 0 Å². The number of benzene rings is 2. The van der Waals surface area contributed by atoms with Crippen LogP contribution in [0.1, 0.15) is 24.5 Å². The quantitative estimate of drug-likeness (QED) is 0.587. The number of halogens is 3. The Labute approximate surface area is 149 Å². The van der Waals surface area contributed by atoms with Gasteiger partial charge in [-0.2, -0.15) is 0 Å². The van der Waals surface area contributed by atoms with Crippen LogP contribution in [0.5, 0.6) is 5.75 Å². The SMILES string of the molecule is CCCNCc1cc(Br)ccc1OCc1ccc(Cl)c(Cl)c1. The van der Waals surface area contributed by atoms with Gasteiger partial charge in [0, 0.05) is 16.6 Å². The van der Waals surface area contributed by atoms with Crippen LogP contribution in [0.2, 0.25) is 10.0 Å². The first-order valence-electron chi connectivity index (χ1n) is 7.16. The summed E-state index contributed by atoms with van der Waals surface area (Å²) in [6, 6.07) is 11.6. The lowest BCUT2D eigenvalue weighted by atomic mass is 10.2. The second-order valence-electron chi connectivity index (χ2n) is 4.97. The van der Waals surface area contributed by atoms with E-state index >= 15 is 0 Å². The van der Waals surface area contributed by atoms with E-state index in [1.807, 2.05) is 24.3 Å². The highest BCUT2D eigenvalue weighted by Gasteiger charge is 2.06. The highest BCUT2D eigenvalue weighted by atomic mass is 79.9. The van der Waals surface area contributed by atoms with E-state index in [1.165, 1.54) is 0 Å². The summed E-state index contributed by atoms with van der Waals surface area (Å²) in [6.07, 6.45) is 1.10. The van der Waals surface area contributed by atoms with Crippen molar-refractivity contribution in [1.29, 1.82) is 0 Å². The van der Waals surface area contributed by atoms with E-state index in [0.717, 1.165) is 40.9 Å². The predicted octanol–water partition coefficient (Wildman–Crippen LogP) is 5.83. The van der Waals surface area contributed by atoms with E-state index in [0.29, 0.717) is 16.7 Å². The minimum atomic E-state index is 0.458. The largest absolute Gasteiger partial charge is 0.489 e. The molecule has 0 atom stereocenters. The molecule has 0 aliphatic heterocycles. The van der Waals surface area contributed by atoms with Gasteiger partial charge in [-0.25, -0.2) is 0 Å². The Morgan fingerprint density at radius 2 is 1.91 bits per heavy atom. The van der Waals surface area contributed by atoms with E-state index in [2.05, 4.69) is 34.2 Å². The number of ether oxygens (including phenoxy) is 1. The molecule has 0 amide bonds. The highest BCUT2D eigenvalue weighted by Crippen LogP contribution is 2.26. The molecule has 0 aromatic heterocycles. The van der Waals surface area contributed by atoms with Gasteiger partial charge < -0.3 is 10.1 Å². The summed E-state index contributed by atoms with van der Waals surface area (Å²) in [5.74, 6) is 0.873. The minimum Gasteiger partial charge on any atom is -0.489 e. The topological polar surface area (TPSA) is 21.3 Å². The molecule has 2 aromatic rings. The van der Waals surface area contributed by atoms with Crippen molar-refractivity contribution in [1.82, 2.24) is 5.32 Å². The van der Waals surface area contributed by atoms with Crippen molar-refractivity contribution >= 4 is 39.1 Å². The van der Waals surface area contributed by atoms with Crippen LogP contribution >= 0.6 is 39.1 Å². The second kappa shape index (κ2) is 8.78. The maximum absolute atomic E-state index is 6.03. The first-order valence-corrected chi connectivity index (χ1v) is 8.71. The molecule has 0 unspecified atom stereocenters. The molecule has 0 heterocycles. The molecule has 0 fully saturated rings. The molecule has 22 heavy (non-hydrogen) atoms. The van der Waals surface area contributed by atoms with Crippen LogP contribution < -0.4 is 10.1 Å². The van der Waals surface area contributed by atoms with Crippen LogP contribution in [-0.2, 0) is 13.2 Å². The lowest BCUT2D eigenvalue weighted by molar-refractivity contribution is 0.302. The molecule has 2 aromatic carbocycles. The van der Waals surface area contributed by atoms with Crippen molar-refractivity contribution < 1.29 is 4.74 Å². The summed E-state index contributed by atoms with van der Waals surface area (Å²) in [5.41, 5.74) is 2.12. The summed E-state index contributed by atoms with van der Waals surface area (Å²) < 4.78 is 6.99. The van der Waals surface area contributed by atoms with Crippen molar-refractivity contribution in [2.45, 2.75) is 26.5 Å². The lowest BCUT2D eigenvalue weighted by Gasteiger charge is -2.13. The number of hydrogen-bond acceptors (Lipinski definition) is 2. The maximum Gasteiger partial charge on any atom is 0.124 e. The molecule has 0 radical (unpaired) electrons. The van der Waals surface area contributed by atoms with Crippen LogP contribution in [0, 0.1) is 0 Å². The number of rotatable bonds is 7. The third kappa shape index (κ3) is 5.17. The number of nitrogens with one attached hydrogen (secondary N) is 1. The first kappa shape index (κ1) is 17.6. The summed E-state index contributed by atoms with van der Waals surface area (Å²) in [6.45, 7) is 4.37. The van der Waals surface area contributed by atoms with Gasteiger partial charge in [-0.3, -0.25) is 0 Å². The van der Waals surface area contributed by atoms with Crippen molar-refractivity contribution in [2.24, 2.45) is 0 Å². The molecule has 5 heteroatoms. The summed E-state index contributed by atoms with van der Waals surface area (Å²) in [5, 5.41) is 4.49. The van der Waals surface area contributed by atoms with Gasteiger partial charge in [0.15, 0.2) is 0 Å². The zero-order valence-electron chi connectivity index (χ0n) is 12.3. The number of hydrogen-bond donors (Lipinski definition) is 1. The van der Waals surface area contributed by atoms with E-state index < -0.39 is 0 Å². The normalized spacial score (nSPS) is 10.7. The van der Waals surface area contributed by atoms with Crippen molar-refractivity contribution in [3.05, 3.63) is 62.0 Å². The van der Waals surface area contributed by atoms with Gasteiger partial charge in [0.2, 0.25) is 0 Å². The highest BCUT2D eigenvalue weighted by molar-refractivity contribution is 9.10. The zero-order valence-corrected chi connectivity index (χ0v) is 15.4. The minimum absolute atomic E-state index is 0.458. The molecular weight excluding hydrogens is 385 g/mol. The van der Waals surface area contributed by atoms with Gasteiger partial charge in [0.25, 0.3) is 0 Å². The average molecular weight is 403 g/mol. The van der Waals surface area contributed by atoms with E-state index in [9.17, 15) is 0 Å². The molecule has 1 N–H and O–H groups in total.